The minimum Gasteiger partial charge on any atom is -0.330 e. The summed E-state index contributed by atoms with van der Waals surface area (Å²) in [6, 6.07) is 0.786. The molecule has 0 spiro atoms. The van der Waals surface area contributed by atoms with Crippen molar-refractivity contribution in [1.82, 2.24) is 4.90 Å². The van der Waals surface area contributed by atoms with Crippen molar-refractivity contribution in [1.29, 1.82) is 0 Å². The van der Waals surface area contributed by atoms with Crippen LogP contribution < -0.4 is 5.73 Å². The molecule has 0 saturated carbocycles. The zero-order chi connectivity index (χ0) is 9.68. The second-order valence-electron chi connectivity index (χ2n) is 4.34. The number of hydrogen-bond donors (Lipinski definition) is 1. The molecular weight excluding hydrogens is 231 g/mol. The molecular formula is C11H26Cl2N2. The largest absolute Gasteiger partial charge is 0.330 e. The predicted molar refractivity (Wildman–Crippen MR) is 72.2 cm³/mol. The van der Waals surface area contributed by atoms with Crippen molar-refractivity contribution in [3.8, 4) is 0 Å². The number of rotatable bonds is 4. The Hall–Kier alpha value is 0.500. The van der Waals surface area contributed by atoms with E-state index in [1.54, 1.807) is 0 Å². The zero-order valence-electron chi connectivity index (χ0n) is 9.95. The van der Waals surface area contributed by atoms with Crippen LogP contribution in [0.25, 0.3) is 0 Å². The molecule has 1 aliphatic heterocycles. The monoisotopic (exact) mass is 256 g/mol. The van der Waals surface area contributed by atoms with Gasteiger partial charge in [-0.3, -0.25) is 0 Å². The SMILES string of the molecule is CC[C@H]1CC[C@H](C)N(CCCN)C1.Cl.Cl. The van der Waals surface area contributed by atoms with E-state index in [1.807, 2.05) is 0 Å². The number of piperidine rings is 1. The molecule has 1 rings (SSSR count). The molecule has 0 bridgehead atoms. The normalized spacial score (nSPS) is 26.6. The fourth-order valence-electron chi connectivity index (χ4n) is 2.20. The molecule has 15 heavy (non-hydrogen) atoms. The van der Waals surface area contributed by atoms with E-state index in [0.29, 0.717) is 0 Å². The Labute approximate surface area is 107 Å². The van der Waals surface area contributed by atoms with Gasteiger partial charge in [-0.05, 0) is 45.2 Å². The van der Waals surface area contributed by atoms with E-state index in [4.69, 9.17) is 5.73 Å². The van der Waals surface area contributed by atoms with E-state index in [9.17, 15) is 0 Å². The van der Waals surface area contributed by atoms with Gasteiger partial charge in [0.25, 0.3) is 0 Å². The molecule has 1 heterocycles. The number of nitrogens with zero attached hydrogens (tertiary/aromatic N) is 1. The maximum Gasteiger partial charge on any atom is 0.00671 e. The van der Waals surface area contributed by atoms with Gasteiger partial charge in [-0.25, -0.2) is 0 Å². The molecule has 2 atom stereocenters. The second kappa shape index (κ2) is 9.71. The lowest BCUT2D eigenvalue weighted by Crippen LogP contribution is -2.42. The first kappa shape index (κ1) is 17.9. The summed E-state index contributed by atoms with van der Waals surface area (Å²) >= 11 is 0. The van der Waals surface area contributed by atoms with E-state index < -0.39 is 0 Å². The Kier molecular flexibility index (Phi) is 11.6. The lowest BCUT2D eigenvalue weighted by atomic mass is 9.91. The second-order valence-corrected chi connectivity index (χ2v) is 4.34. The van der Waals surface area contributed by atoms with Crippen LogP contribution >= 0.6 is 24.8 Å². The molecule has 94 valence electrons. The Morgan fingerprint density at radius 1 is 1.27 bits per heavy atom. The molecule has 0 aromatic heterocycles. The summed E-state index contributed by atoms with van der Waals surface area (Å²) in [5.74, 6) is 0.939. The Morgan fingerprint density at radius 3 is 2.47 bits per heavy atom. The topological polar surface area (TPSA) is 29.3 Å². The summed E-state index contributed by atoms with van der Waals surface area (Å²) in [5, 5.41) is 0. The minimum absolute atomic E-state index is 0. The van der Waals surface area contributed by atoms with Gasteiger partial charge in [0, 0.05) is 12.6 Å². The van der Waals surface area contributed by atoms with Crippen LogP contribution in [0.2, 0.25) is 0 Å². The molecule has 1 fully saturated rings. The van der Waals surface area contributed by atoms with Gasteiger partial charge < -0.3 is 10.6 Å². The van der Waals surface area contributed by atoms with Crippen LogP contribution in [-0.2, 0) is 0 Å². The zero-order valence-corrected chi connectivity index (χ0v) is 11.6. The maximum absolute atomic E-state index is 5.53. The van der Waals surface area contributed by atoms with Crippen molar-refractivity contribution in [2.24, 2.45) is 11.7 Å². The van der Waals surface area contributed by atoms with Crippen LogP contribution in [0.4, 0.5) is 0 Å². The highest BCUT2D eigenvalue weighted by atomic mass is 35.5. The van der Waals surface area contributed by atoms with Crippen LogP contribution in [0.3, 0.4) is 0 Å². The number of halogens is 2. The molecule has 1 aliphatic rings. The highest BCUT2D eigenvalue weighted by Crippen LogP contribution is 2.23. The lowest BCUT2D eigenvalue weighted by Gasteiger charge is -2.37. The molecule has 4 heteroatoms. The van der Waals surface area contributed by atoms with Gasteiger partial charge in [0.2, 0.25) is 0 Å². The van der Waals surface area contributed by atoms with Crippen molar-refractivity contribution >= 4 is 24.8 Å². The van der Waals surface area contributed by atoms with Gasteiger partial charge in [0.1, 0.15) is 0 Å². The van der Waals surface area contributed by atoms with Crippen molar-refractivity contribution in [2.45, 2.75) is 45.6 Å². The third-order valence-electron chi connectivity index (χ3n) is 3.34. The van der Waals surface area contributed by atoms with Crippen molar-refractivity contribution in [3.05, 3.63) is 0 Å². The molecule has 0 aliphatic carbocycles. The number of nitrogens with two attached hydrogens (primary N) is 1. The molecule has 0 radical (unpaired) electrons. The number of likely N-dealkylation sites (tertiary alicyclic amines) is 1. The van der Waals surface area contributed by atoms with Gasteiger partial charge in [0.05, 0.1) is 0 Å². The highest BCUT2D eigenvalue weighted by Gasteiger charge is 2.23. The first-order valence-electron chi connectivity index (χ1n) is 5.72. The van der Waals surface area contributed by atoms with Gasteiger partial charge in [-0.2, -0.15) is 0 Å². The van der Waals surface area contributed by atoms with Crippen molar-refractivity contribution < 1.29 is 0 Å². The summed E-state index contributed by atoms with van der Waals surface area (Å²) in [7, 11) is 0. The third kappa shape index (κ3) is 5.96. The molecule has 0 amide bonds. The fraction of sp³-hybridized carbons (Fsp3) is 1.00. The van der Waals surface area contributed by atoms with Crippen LogP contribution in [0.1, 0.15) is 39.5 Å². The smallest absolute Gasteiger partial charge is 0.00671 e. The first-order valence-corrected chi connectivity index (χ1v) is 5.72. The van der Waals surface area contributed by atoms with Crippen LogP contribution in [0, 0.1) is 5.92 Å². The molecule has 0 unspecified atom stereocenters. The summed E-state index contributed by atoms with van der Waals surface area (Å²) in [6.45, 7) is 8.00. The summed E-state index contributed by atoms with van der Waals surface area (Å²) < 4.78 is 0. The molecule has 0 aromatic carbocycles. The minimum atomic E-state index is 0. The van der Waals surface area contributed by atoms with E-state index in [1.165, 1.54) is 32.4 Å². The van der Waals surface area contributed by atoms with Gasteiger partial charge in [-0.15, -0.1) is 24.8 Å². The van der Waals surface area contributed by atoms with Crippen molar-refractivity contribution in [2.75, 3.05) is 19.6 Å². The molecule has 2 N–H and O–H groups in total. The Morgan fingerprint density at radius 2 is 1.93 bits per heavy atom. The third-order valence-corrected chi connectivity index (χ3v) is 3.34. The average molecular weight is 257 g/mol. The maximum atomic E-state index is 5.53. The summed E-state index contributed by atoms with van der Waals surface area (Å²) in [6.07, 6.45) is 5.30. The van der Waals surface area contributed by atoms with E-state index in [0.717, 1.165) is 24.9 Å². The molecule has 1 saturated heterocycles. The Balaban J connectivity index is 0. The van der Waals surface area contributed by atoms with Gasteiger partial charge >= 0.3 is 0 Å². The van der Waals surface area contributed by atoms with Crippen LogP contribution in [-0.4, -0.2) is 30.6 Å². The standard InChI is InChI=1S/C11H24N2.2ClH/c1-3-11-6-5-10(2)13(9-11)8-4-7-12;;/h10-11H,3-9,12H2,1-2H3;2*1H/t10-,11-;;/m0../s1. The predicted octanol–water partition coefficient (Wildman–Crippen LogP) is 2.69. The van der Waals surface area contributed by atoms with Crippen LogP contribution in [0.15, 0.2) is 0 Å². The fourth-order valence-corrected chi connectivity index (χ4v) is 2.20. The highest BCUT2D eigenvalue weighted by molar-refractivity contribution is 5.85. The lowest BCUT2D eigenvalue weighted by molar-refractivity contribution is 0.115. The number of hydrogen-bond acceptors (Lipinski definition) is 2. The van der Waals surface area contributed by atoms with Gasteiger partial charge in [0.15, 0.2) is 0 Å². The van der Waals surface area contributed by atoms with Gasteiger partial charge in [-0.1, -0.05) is 13.3 Å². The first-order chi connectivity index (χ1) is 6.27. The molecule has 2 nitrogen and oxygen atoms in total. The van der Waals surface area contributed by atoms with Crippen LogP contribution in [0.5, 0.6) is 0 Å². The average Bonchev–Trinajstić information content (AvgIpc) is 2.17. The quantitative estimate of drug-likeness (QED) is 0.839. The summed E-state index contributed by atoms with van der Waals surface area (Å²) in [4.78, 5) is 2.62. The van der Waals surface area contributed by atoms with E-state index in [-0.39, 0.29) is 24.8 Å². The van der Waals surface area contributed by atoms with E-state index >= 15 is 0 Å². The Bertz CT molecular complexity index is 145. The molecule has 0 aromatic rings. The summed E-state index contributed by atoms with van der Waals surface area (Å²) in [5.41, 5.74) is 5.53. The van der Waals surface area contributed by atoms with Crippen molar-refractivity contribution in [3.63, 3.8) is 0 Å². The van der Waals surface area contributed by atoms with E-state index in [2.05, 4.69) is 18.7 Å².